The van der Waals surface area contributed by atoms with Crippen LogP contribution in [0.4, 0.5) is 0 Å². The van der Waals surface area contributed by atoms with Gasteiger partial charge in [-0.15, -0.1) is 0 Å². The van der Waals surface area contributed by atoms with Crippen LogP contribution >= 0.6 is 0 Å². The van der Waals surface area contributed by atoms with Crippen LogP contribution in [-0.4, -0.2) is 34.9 Å². The van der Waals surface area contributed by atoms with Crippen molar-refractivity contribution in [3.63, 3.8) is 0 Å². The van der Waals surface area contributed by atoms with E-state index in [1.165, 1.54) is 141 Å². The SMILES string of the molecule is CC/C=C\C/C=C\C/C=C\C/C=C\C/C=C\C/C=C\C/C=C\CCCCCCCCCCCC(=O)NC(CO)C(O)CCCCCCCCCCCCCCCCCC. The van der Waals surface area contributed by atoms with Crippen molar-refractivity contribution in [2.45, 2.75) is 251 Å². The van der Waals surface area contributed by atoms with E-state index in [-0.39, 0.29) is 12.5 Å². The van der Waals surface area contributed by atoms with E-state index in [1.807, 2.05) is 0 Å². The van der Waals surface area contributed by atoms with Crippen molar-refractivity contribution in [1.29, 1.82) is 0 Å². The normalized spacial score (nSPS) is 13.6. The summed E-state index contributed by atoms with van der Waals surface area (Å²) in [6.45, 7) is 4.24. The summed E-state index contributed by atoms with van der Waals surface area (Å²) in [5, 5.41) is 23.2. The molecule has 0 radical (unpaired) electrons. The second-order valence-corrected chi connectivity index (χ2v) is 16.9. The maximum absolute atomic E-state index is 12.5. The molecule has 59 heavy (non-hydrogen) atoms. The molecule has 0 aliphatic heterocycles. The highest BCUT2D eigenvalue weighted by Gasteiger charge is 2.20. The van der Waals surface area contributed by atoms with Crippen LogP contribution in [-0.2, 0) is 4.79 Å². The maximum Gasteiger partial charge on any atom is 0.220 e. The molecule has 0 aromatic heterocycles. The van der Waals surface area contributed by atoms with Crippen molar-refractivity contribution in [2.75, 3.05) is 6.61 Å². The molecule has 1 amide bonds. The summed E-state index contributed by atoms with van der Waals surface area (Å²) in [7, 11) is 0. The van der Waals surface area contributed by atoms with Crippen LogP contribution in [0.1, 0.15) is 239 Å². The number of aliphatic hydroxyl groups excluding tert-OH is 2. The predicted octanol–water partition coefficient (Wildman–Crippen LogP) is 16.4. The molecule has 2 unspecified atom stereocenters. The van der Waals surface area contributed by atoms with Gasteiger partial charge in [-0.1, -0.05) is 247 Å². The lowest BCUT2D eigenvalue weighted by molar-refractivity contribution is -0.123. The monoisotopic (exact) mass is 820 g/mol. The summed E-state index contributed by atoms with van der Waals surface area (Å²) in [5.74, 6) is -0.0403. The lowest BCUT2D eigenvalue weighted by atomic mass is 10.0. The van der Waals surface area contributed by atoms with Crippen LogP contribution in [0.3, 0.4) is 0 Å². The highest BCUT2D eigenvalue weighted by atomic mass is 16.3. The fourth-order valence-corrected chi connectivity index (χ4v) is 7.34. The standard InChI is InChI=1S/C55H97NO3/c1-3-5-7-9-11-13-15-17-19-21-22-23-24-25-26-27-28-29-30-31-32-33-34-35-37-39-41-43-45-47-49-51-55(59)56-53(52-57)54(58)50-48-46-44-42-40-38-36-20-18-16-14-12-10-8-6-4-2/h5,7,11,13,17,19,22-23,25-26,28-29,31-32,53-54,57-58H,3-4,6,8-10,12,14-16,18,20-21,24,27,30,33-52H2,1-2H3,(H,56,59)/b7-5-,13-11-,19-17-,23-22-,26-25-,29-28-,32-31-. The van der Waals surface area contributed by atoms with E-state index in [9.17, 15) is 15.0 Å². The Hall–Kier alpha value is -2.43. The van der Waals surface area contributed by atoms with Crippen LogP contribution in [0.2, 0.25) is 0 Å². The summed E-state index contributed by atoms with van der Waals surface area (Å²) in [5.41, 5.74) is 0. The second kappa shape index (κ2) is 49.9. The first-order chi connectivity index (χ1) is 29.2. The lowest BCUT2D eigenvalue weighted by Crippen LogP contribution is -2.45. The van der Waals surface area contributed by atoms with Crippen LogP contribution in [0.15, 0.2) is 85.1 Å². The van der Waals surface area contributed by atoms with E-state index in [2.05, 4.69) is 104 Å². The quantitative estimate of drug-likeness (QED) is 0.0423. The Morgan fingerprint density at radius 2 is 0.746 bits per heavy atom. The van der Waals surface area contributed by atoms with E-state index in [0.717, 1.165) is 70.6 Å². The molecular weight excluding hydrogens is 723 g/mol. The molecule has 2 atom stereocenters. The molecule has 0 aromatic rings. The summed E-state index contributed by atoms with van der Waals surface area (Å²) < 4.78 is 0. The predicted molar refractivity (Wildman–Crippen MR) is 262 cm³/mol. The topological polar surface area (TPSA) is 69.6 Å². The van der Waals surface area contributed by atoms with Crippen molar-refractivity contribution in [1.82, 2.24) is 5.32 Å². The molecule has 0 aliphatic carbocycles. The third kappa shape index (κ3) is 46.5. The highest BCUT2D eigenvalue weighted by molar-refractivity contribution is 5.76. The van der Waals surface area contributed by atoms with Gasteiger partial charge in [-0.3, -0.25) is 4.79 Å². The van der Waals surface area contributed by atoms with Crippen molar-refractivity contribution in [2.24, 2.45) is 0 Å². The van der Waals surface area contributed by atoms with Crippen molar-refractivity contribution in [3.05, 3.63) is 85.1 Å². The molecule has 0 aliphatic rings. The Labute approximate surface area is 367 Å². The maximum atomic E-state index is 12.5. The zero-order valence-electron chi connectivity index (χ0n) is 39.0. The number of hydrogen-bond acceptors (Lipinski definition) is 3. The Bertz CT molecular complexity index is 1070. The number of hydrogen-bond donors (Lipinski definition) is 3. The van der Waals surface area contributed by atoms with Gasteiger partial charge in [0, 0.05) is 6.42 Å². The summed E-state index contributed by atoms with van der Waals surface area (Å²) in [4.78, 5) is 12.5. The zero-order chi connectivity index (χ0) is 42.8. The minimum Gasteiger partial charge on any atom is -0.394 e. The van der Waals surface area contributed by atoms with Gasteiger partial charge in [0.15, 0.2) is 0 Å². The number of allylic oxidation sites excluding steroid dienone is 14. The van der Waals surface area contributed by atoms with Gasteiger partial charge < -0.3 is 15.5 Å². The fraction of sp³-hybridized carbons (Fsp3) is 0.727. The van der Waals surface area contributed by atoms with Gasteiger partial charge in [0.2, 0.25) is 5.91 Å². The Morgan fingerprint density at radius 1 is 0.424 bits per heavy atom. The molecule has 4 heteroatoms. The van der Waals surface area contributed by atoms with E-state index in [1.54, 1.807) is 0 Å². The molecular formula is C55H97NO3. The van der Waals surface area contributed by atoms with E-state index in [0.29, 0.717) is 12.8 Å². The van der Waals surface area contributed by atoms with E-state index in [4.69, 9.17) is 0 Å². The molecule has 0 fully saturated rings. The minimum absolute atomic E-state index is 0.0403. The smallest absolute Gasteiger partial charge is 0.220 e. The minimum atomic E-state index is -0.667. The number of unbranched alkanes of at least 4 members (excludes halogenated alkanes) is 24. The molecule has 0 heterocycles. The first kappa shape index (κ1) is 56.6. The average Bonchev–Trinajstić information content (AvgIpc) is 3.24. The molecule has 0 bridgehead atoms. The fourth-order valence-electron chi connectivity index (χ4n) is 7.34. The number of carbonyl (C=O) groups excluding carboxylic acids is 1. The van der Waals surface area contributed by atoms with Gasteiger partial charge in [0.1, 0.15) is 0 Å². The third-order valence-corrected chi connectivity index (χ3v) is 11.2. The van der Waals surface area contributed by atoms with Gasteiger partial charge in [-0.05, 0) is 70.6 Å². The van der Waals surface area contributed by atoms with E-state index < -0.39 is 12.1 Å². The van der Waals surface area contributed by atoms with Crippen molar-refractivity contribution < 1.29 is 15.0 Å². The van der Waals surface area contributed by atoms with Crippen molar-refractivity contribution >= 4 is 5.91 Å². The Balaban J connectivity index is 3.57. The molecule has 340 valence electrons. The van der Waals surface area contributed by atoms with Crippen LogP contribution < -0.4 is 5.32 Å². The largest absolute Gasteiger partial charge is 0.394 e. The summed E-state index contributed by atoms with van der Waals surface area (Å²) in [6, 6.07) is -0.545. The number of aliphatic hydroxyl groups is 2. The number of rotatable bonds is 45. The highest BCUT2D eigenvalue weighted by Crippen LogP contribution is 2.16. The first-order valence-electron chi connectivity index (χ1n) is 25.3. The van der Waals surface area contributed by atoms with Gasteiger partial charge in [0.25, 0.3) is 0 Å². The molecule has 3 N–H and O–H groups in total. The third-order valence-electron chi connectivity index (χ3n) is 11.2. The first-order valence-corrected chi connectivity index (χ1v) is 25.3. The molecule has 0 saturated heterocycles. The molecule has 0 aromatic carbocycles. The Morgan fingerprint density at radius 3 is 1.12 bits per heavy atom. The summed E-state index contributed by atoms with van der Waals surface area (Å²) in [6.07, 6.45) is 72.5. The van der Waals surface area contributed by atoms with Crippen LogP contribution in [0.5, 0.6) is 0 Å². The van der Waals surface area contributed by atoms with Gasteiger partial charge in [0.05, 0.1) is 18.8 Å². The molecule has 4 nitrogen and oxygen atoms in total. The average molecular weight is 820 g/mol. The molecule has 0 spiro atoms. The number of carbonyl (C=O) groups is 1. The lowest BCUT2D eigenvalue weighted by Gasteiger charge is -2.22. The van der Waals surface area contributed by atoms with Gasteiger partial charge in [-0.2, -0.15) is 0 Å². The van der Waals surface area contributed by atoms with Crippen LogP contribution in [0.25, 0.3) is 0 Å². The van der Waals surface area contributed by atoms with E-state index >= 15 is 0 Å². The second-order valence-electron chi connectivity index (χ2n) is 16.9. The zero-order valence-corrected chi connectivity index (χ0v) is 39.0. The van der Waals surface area contributed by atoms with Crippen LogP contribution in [0, 0.1) is 0 Å². The van der Waals surface area contributed by atoms with Crippen molar-refractivity contribution in [3.8, 4) is 0 Å². The molecule has 0 saturated carbocycles. The summed E-state index contributed by atoms with van der Waals surface area (Å²) >= 11 is 0. The molecule has 0 rings (SSSR count). The van der Waals surface area contributed by atoms with Gasteiger partial charge in [-0.25, -0.2) is 0 Å². The van der Waals surface area contributed by atoms with Gasteiger partial charge >= 0.3 is 0 Å². The number of nitrogens with one attached hydrogen (secondary N) is 1. The number of amides is 1. The Kier molecular flexibility index (Phi) is 47.9.